The van der Waals surface area contributed by atoms with E-state index in [1.54, 1.807) is 19.2 Å². The molecule has 0 saturated carbocycles. The number of methoxy groups -OCH3 is 1. The minimum absolute atomic E-state index is 0.127. The average molecular weight is 325 g/mol. The maximum atomic E-state index is 10.9. The van der Waals surface area contributed by atoms with Crippen LogP contribution in [0, 0.1) is 0 Å². The number of thiazole rings is 1. The highest BCUT2D eigenvalue weighted by Crippen LogP contribution is 2.28. The third-order valence-electron chi connectivity index (χ3n) is 3.24. The largest absolute Gasteiger partial charge is 0.545 e. The van der Waals surface area contributed by atoms with Crippen molar-refractivity contribution in [2.45, 2.75) is 0 Å². The van der Waals surface area contributed by atoms with E-state index in [1.807, 2.05) is 29.6 Å². The van der Waals surface area contributed by atoms with Crippen LogP contribution in [0.3, 0.4) is 0 Å². The van der Waals surface area contributed by atoms with Crippen LogP contribution in [0.5, 0.6) is 5.75 Å². The van der Waals surface area contributed by atoms with Gasteiger partial charge in [0.05, 0.1) is 18.8 Å². The van der Waals surface area contributed by atoms with Crippen LogP contribution in [-0.4, -0.2) is 18.1 Å². The van der Waals surface area contributed by atoms with Crippen molar-refractivity contribution in [1.29, 1.82) is 0 Å². The van der Waals surface area contributed by atoms with Gasteiger partial charge < -0.3 is 20.0 Å². The van der Waals surface area contributed by atoms with Gasteiger partial charge in [0.1, 0.15) is 5.75 Å². The van der Waals surface area contributed by atoms with E-state index in [0.29, 0.717) is 10.8 Å². The van der Waals surface area contributed by atoms with E-state index in [9.17, 15) is 9.90 Å². The van der Waals surface area contributed by atoms with Gasteiger partial charge in [0, 0.05) is 16.6 Å². The van der Waals surface area contributed by atoms with E-state index in [2.05, 4.69) is 10.3 Å². The van der Waals surface area contributed by atoms with E-state index in [0.717, 1.165) is 17.0 Å². The summed E-state index contributed by atoms with van der Waals surface area (Å²) in [6, 6.07) is 14.1. The standard InChI is InChI=1S/C17H14N2O3S/c1-22-14-7-5-11(6-8-14)15-10-23-17(19-15)18-13-4-2-3-12(9-13)16(20)21/h2-10H,1H3,(H,18,19)(H,20,21)/p-1. The van der Waals surface area contributed by atoms with E-state index < -0.39 is 5.97 Å². The first-order valence-electron chi connectivity index (χ1n) is 6.84. The molecule has 0 aliphatic carbocycles. The number of ether oxygens (including phenoxy) is 1. The normalized spacial score (nSPS) is 10.3. The number of hydrogen-bond acceptors (Lipinski definition) is 6. The first-order chi connectivity index (χ1) is 11.2. The van der Waals surface area contributed by atoms with Gasteiger partial charge in [0.15, 0.2) is 5.13 Å². The SMILES string of the molecule is COc1ccc(-c2csc(Nc3cccc(C(=O)[O-])c3)n2)cc1. The van der Waals surface area contributed by atoms with Gasteiger partial charge in [-0.3, -0.25) is 0 Å². The quantitative estimate of drug-likeness (QED) is 0.781. The maximum Gasteiger partial charge on any atom is 0.187 e. The predicted molar refractivity (Wildman–Crippen MR) is 88.2 cm³/mol. The van der Waals surface area contributed by atoms with Crippen LogP contribution in [0.15, 0.2) is 53.9 Å². The van der Waals surface area contributed by atoms with Crippen molar-refractivity contribution < 1.29 is 14.6 Å². The van der Waals surface area contributed by atoms with Gasteiger partial charge in [0.25, 0.3) is 0 Å². The van der Waals surface area contributed by atoms with E-state index in [1.165, 1.54) is 23.5 Å². The molecule has 2 aromatic carbocycles. The summed E-state index contributed by atoms with van der Waals surface area (Å²) in [7, 11) is 1.63. The average Bonchev–Trinajstić information content (AvgIpc) is 3.03. The van der Waals surface area contributed by atoms with E-state index in [4.69, 9.17) is 4.74 Å². The Hall–Kier alpha value is -2.86. The fourth-order valence-electron chi connectivity index (χ4n) is 2.07. The second-order valence-electron chi connectivity index (χ2n) is 4.76. The van der Waals surface area contributed by atoms with E-state index in [-0.39, 0.29) is 5.56 Å². The molecule has 0 amide bonds. The van der Waals surface area contributed by atoms with Gasteiger partial charge in [-0.25, -0.2) is 4.98 Å². The van der Waals surface area contributed by atoms with Crippen LogP contribution in [0.2, 0.25) is 0 Å². The lowest BCUT2D eigenvalue weighted by Gasteiger charge is -2.06. The summed E-state index contributed by atoms with van der Waals surface area (Å²) in [6.07, 6.45) is 0. The number of aromatic nitrogens is 1. The Morgan fingerprint density at radius 1 is 1.22 bits per heavy atom. The first kappa shape index (κ1) is 15.1. The van der Waals surface area contributed by atoms with Crippen molar-refractivity contribution in [3.63, 3.8) is 0 Å². The maximum absolute atomic E-state index is 10.9. The Bertz CT molecular complexity index is 828. The second kappa shape index (κ2) is 6.50. The number of anilines is 2. The number of carboxylic acid groups (broad SMARTS) is 1. The molecule has 3 rings (SSSR count). The number of nitrogens with zero attached hydrogens (tertiary/aromatic N) is 1. The summed E-state index contributed by atoms with van der Waals surface area (Å²) in [6.45, 7) is 0. The topological polar surface area (TPSA) is 74.3 Å². The molecule has 23 heavy (non-hydrogen) atoms. The minimum atomic E-state index is -1.20. The minimum Gasteiger partial charge on any atom is -0.545 e. The molecule has 1 heterocycles. The van der Waals surface area contributed by atoms with Crippen molar-refractivity contribution in [2.75, 3.05) is 12.4 Å². The van der Waals surface area contributed by atoms with Crippen LogP contribution < -0.4 is 15.2 Å². The smallest absolute Gasteiger partial charge is 0.187 e. The number of rotatable bonds is 5. The molecule has 0 atom stereocenters. The summed E-state index contributed by atoms with van der Waals surface area (Å²) in [5.74, 6) is -0.409. The monoisotopic (exact) mass is 325 g/mol. The van der Waals surface area contributed by atoms with Gasteiger partial charge in [-0.05, 0) is 42.0 Å². The van der Waals surface area contributed by atoms with Gasteiger partial charge in [-0.2, -0.15) is 0 Å². The van der Waals surface area contributed by atoms with Gasteiger partial charge in [-0.15, -0.1) is 11.3 Å². The number of benzene rings is 2. The van der Waals surface area contributed by atoms with Gasteiger partial charge >= 0.3 is 0 Å². The fourth-order valence-corrected chi connectivity index (χ4v) is 2.81. The predicted octanol–water partition coefficient (Wildman–Crippen LogP) is 2.93. The molecular weight excluding hydrogens is 312 g/mol. The lowest BCUT2D eigenvalue weighted by molar-refractivity contribution is -0.255. The van der Waals surface area contributed by atoms with Crippen molar-refractivity contribution in [1.82, 2.24) is 4.98 Å². The molecule has 6 heteroatoms. The third-order valence-corrected chi connectivity index (χ3v) is 4.00. The number of nitrogens with one attached hydrogen (secondary N) is 1. The Morgan fingerprint density at radius 2 is 2.00 bits per heavy atom. The summed E-state index contributed by atoms with van der Waals surface area (Å²) in [5.41, 5.74) is 2.61. The number of aromatic carboxylic acids is 1. The Morgan fingerprint density at radius 3 is 2.70 bits per heavy atom. The summed E-state index contributed by atoms with van der Waals surface area (Å²) in [4.78, 5) is 15.4. The lowest BCUT2D eigenvalue weighted by atomic mass is 10.2. The van der Waals surface area contributed by atoms with Crippen molar-refractivity contribution in [2.24, 2.45) is 0 Å². The van der Waals surface area contributed by atoms with Crippen LogP contribution in [-0.2, 0) is 0 Å². The summed E-state index contributed by atoms with van der Waals surface area (Å²) >= 11 is 1.45. The van der Waals surface area contributed by atoms with Crippen LogP contribution in [0.25, 0.3) is 11.3 Å². The molecule has 0 aliphatic rings. The van der Waals surface area contributed by atoms with E-state index >= 15 is 0 Å². The molecule has 0 radical (unpaired) electrons. The molecule has 1 N–H and O–H groups in total. The molecule has 0 unspecified atom stereocenters. The molecule has 0 spiro atoms. The van der Waals surface area contributed by atoms with Crippen LogP contribution in [0.4, 0.5) is 10.8 Å². The molecular formula is C17H13N2O3S-. The Kier molecular flexibility index (Phi) is 4.25. The first-order valence-corrected chi connectivity index (χ1v) is 7.72. The number of carboxylic acids is 1. The summed E-state index contributed by atoms with van der Waals surface area (Å²) in [5, 5.41) is 16.6. The molecule has 1 aromatic heterocycles. The molecule has 0 bridgehead atoms. The molecule has 5 nitrogen and oxygen atoms in total. The van der Waals surface area contributed by atoms with Gasteiger partial charge in [0.2, 0.25) is 0 Å². The highest BCUT2D eigenvalue weighted by Gasteiger charge is 2.06. The van der Waals surface area contributed by atoms with Crippen LogP contribution in [0.1, 0.15) is 10.4 Å². The van der Waals surface area contributed by atoms with Gasteiger partial charge in [-0.1, -0.05) is 12.1 Å². The zero-order valence-corrected chi connectivity index (χ0v) is 13.1. The lowest BCUT2D eigenvalue weighted by Crippen LogP contribution is -2.22. The highest BCUT2D eigenvalue weighted by molar-refractivity contribution is 7.14. The van der Waals surface area contributed by atoms with Crippen molar-refractivity contribution >= 4 is 28.1 Å². The number of carbonyl (C=O) groups excluding carboxylic acids is 1. The second-order valence-corrected chi connectivity index (χ2v) is 5.62. The zero-order chi connectivity index (χ0) is 16.2. The number of hydrogen-bond donors (Lipinski definition) is 1. The Balaban J connectivity index is 1.79. The molecule has 0 aliphatic heterocycles. The third kappa shape index (κ3) is 3.49. The molecule has 0 fully saturated rings. The fraction of sp³-hybridized carbons (Fsp3) is 0.0588. The highest BCUT2D eigenvalue weighted by atomic mass is 32.1. The van der Waals surface area contributed by atoms with Crippen LogP contribution >= 0.6 is 11.3 Å². The molecule has 0 saturated heterocycles. The molecule has 3 aromatic rings. The zero-order valence-electron chi connectivity index (χ0n) is 12.3. The van der Waals surface area contributed by atoms with Crippen molar-refractivity contribution in [3.05, 3.63) is 59.5 Å². The summed E-state index contributed by atoms with van der Waals surface area (Å²) < 4.78 is 5.14. The van der Waals surface area contributed by atoms with Crippen molar-refractivity contribution in [3.8, 4) is 17.0 Å². The molecule has 116 valence electrons. The number of carbonyl (C=O) groups is 1. The Labute approximate surface area is 137 Å².